The second kappa shape index (κ2) is 5.19. The molecule has 96 valence electrons. The maximum Gasteiger partial charge on any atom is 0.247 e. The largest absolute Gasteiger partial charge is 0.423 e. The molecule has 0 aliphatic rings. The van der Waals surface area contributed by atoms with Crippen LogP contribution < -0.4 is 5.32 Å². The van der Waals surface area contributed by atoms with E-state index in [1.165, 1.54) is 11.3 Å². The van der Waals surface area contributed by atoms with E-state index in [2.05, 4.69) is 20.5 Å². The first-order chi connectivity index (χ1) is 9.33. The van der Waals surface area contributed by atoms with Crippen molar-refractivity contribution in [3.05, 3.63) is 46.7 Å². The molecule has 3 aromatic rings. The molecule has 0 saturated carbocycles. The number of nitrogens with one attached hydrogen (secondary N) is 1. The van der Waals surface area contributed by atoms with E-state index in [1.807, 2.05) is 36.7 Å². The monoisotopic (exact) mass is 272 g/mol. The lowest BCUT2D eigenvalue weighted by atomic mass is 10.2. The molecule has 0 bridgehead atoms. The van der Waals surface area contributed by atoms with Gasteiger partial charge in [-0.15, -0.1) is 21.5 Å². The second-order valence-electron chi connectivity index (χ2n) is 4.04. The Morgan fingerprint density at radius 2 is 2.32 bits per heavy atom. The van der Waals surface area contributed by atoms with E-state index in [-0.39, 0.29) is 0 Å². The van der Waals surface area contributed by atoms with Crippen LogP contribution in [0.3, 0.4) is 0 Å². The Bertz CT molecular complexity index is 663. The molecule has 2 aromatic heterocycles. The van der Waals surface area contributed by atoms with Crippen LogP contribution in [0.1, 0.15) is 10.6 Å². The minimum Gasteiger partial charge on any atom is -0.423 e. The number of benzene rings is 1. The predicted octanol–water partition coefficient (Wildman–Crippen LogP) is 3.11. The maximum atomic E-state index is 5.19. The molecule has 1 aromatic carbocycles. The summed E-state index contributed by atoms with van der Waals surface area (Å²) in [6.07, 6.45) is 1.33. The first kappa shape index (κ1) is 11.9. The Kier molecular flexibility index (Phi) is 3.24. The first-order valence-electron chi connectivity index (χ1n) is 5.82. The van der Waals surface area contributed by atoms with Crippen LogP contribution in [0.25, 0.3) is 11.5 Å². The third-order valence-corrected chi connectivity index (χ3v) is 3.70. The van der Waals surface area contributed by atoms with Crippen LogP contribution in [0.15, 0.2) is 40.6 Å². The fraction of sp³-hybridized carbons (Fsp3) is 0.154. The fourth-order valence-corrected chi connectivity index (χ4v) is 2.46. The summed E-state index contributed by atoms with van der Waals surface area (Å²) in [5.41, 5.74) is 4.86. The van der Waals surface area contributed by atoms with E-state index < -0.39 is 0 Å². The van der Waals surface area contributed by atoms with Gasteiger partial charge < -0.3 is 9.73 Å². The molecule has 2 heterocycles. The van der Waals surface area contributed by atoms with Crippen molar-refractivity contribution in [1.82, 2.24) is 15.2 Å². The summed E-state index contributed by atoms with van der Waals surface area (Å²) in [6, 6.07) is 7.90. The number of rotatable bonds is 4. The first-order valence-corrected chi connectivity index (χ1v) is 6.70. The van der Waals surface area contributed by atoms with Gasteiger partial charge in [0.25, 0.3) is 0 Å². The molecule has 0 unspecified atom stereocenters. The average Bonchev–Trinajstić information content (AvgIpc) is 3.08. The van der Waals surface area contributed by atoms with E-state index >= 15 is 0 Å². The lowest BCUT2D eigenvalue weighted by Crippen LogP contribution is -1.99. The van der Waals surface area contributed by atoms with Gasteiger partial charge in [-0.25, -0.2) is 4.98 Å². The Hall–Kier alpha value is -2.21. The standard InChI is InChI=1S/C13H12N4OS/c1-9-12(19-8-15-9)6-14-11-4-2-3-10(5-11)13-17-16-7-18-13/h2-5,7-8,14H,6H2,1H3. The van der Waals surface area contributed by atoms with Gasteiger partial charge in [-0.1, -0.05) is 6.07 Å². The summed E-state index contributed by atoms with van der Waals surface area (Å²) in [7, 11) is 0. The number of thiazole rings is 1. The number of hydrogen-bond donors (Lipinski definition) is 1. The molecule has 0 aliphatic carbocycles. The van der Waals surface area contributed by atoms with Gasteiger partial charge in [-0.3, -0.25) is 0 Å². The second-order valence-corrected chi connectivity index (χ2v) is 4.98. The molecule has 5 nitrogen and oxygen atoms in total. The zero-order chi connectivity index (χ0) is 13.1. The Morgan fingerprint density at radius 1 is 1.37 bits per heavy atom. The lowest BCUT2D eigenvalue weighted by molar-refractivity contribution is 0.568. The summed E-state index contributed by atoms with van der Waals surface area (Å²) in [4.78, 5) is 5.47. The van der Waals surface area contributed by atoms with Crippen molar-refractivity contribution in [2.24, 2.45) is 0 Å². The summed E-state index contributed by atoms with van der Waals surface area (Å²) >= 11 is 1.66. The van der Waals surface area contributed by atoms with Crippen LogP contribution in [0, 0.1) is 6.92 Å². The van der Waals surface area contributed by atoms with Gasteiger partial charge in [0.15, 0.2) is 0 Å². The quantitative estimate of drug-likeness (QED) is 0.790. The molecule has 0 saturated heterocycles. The molecule has 0 spiro atoms. The number of aromatic nitrogens is 3. The number of anilines is 1. The summed E-state index contributed by atoms with van der Waals surface area (Å²) in [6.45, 7) is 2.78. The zero-order valence-corrected chi connectivity index (χ0v) is 11.1. The van der Waals surface area contributed by atoms with E-state index in [0.717, 1.165) is 23.5 Å². The van der Waals surface area contributed by atoms with Crippen LogP contribution in [0.2, 0.25) is 0 Å². The third-order valence-electron chi connectivity index (χ3n) is 2.77. The van der Waals surface area contributed by atoms with E-state index in [0.29, 0.717) is 5.89 Å². The highest BCUT2D eigenvalue weighted by Crippen LogP contribution is 2.21. The lowest BCUT2D eigenvalue weighted by Gasteiger charge is -2.06. The molecule has 6 heteroatoms. The zero-order valence-electron chi connectivity index (χ0n) is 10.3. The van der Waals surface area contributed by atoms with Crippen LogP contribution in [-0.4, -0.2) is 15.2 Å². The average molecular weight is 272 g/mol. The van der Waals surface area contributed by atoms with E-state index in [9.17, 15) is 0 Å². The molecule has 0 aliphatic heterocycles. The highest BCUT2D eigenvalue weighted by molar-refractivity contribution is 7.09. The van der Waals surface area contributed by atoms with Crippen LogP contribution >= 0.6 is 11.3 Å². The van der Waals surface area contributed by atoms with Crippen LogP contribution in [0.5, 0.6) is 0 Å². The van der Waals surface area contributed by atoms with Crippen molar-refractivity contribution >= 4 is 17.0 Å². The van der Waals surface area contributed by atoms with Gasteiger partial charge >= 0.3 is 0 Å². The van der Waals surface area contributed by atoms with Crippen LogP contribution in [0.4, 0.5) is 5.69 Å². The van der Waals surface area contributed by atoms with Crippen LogP contribution in [-0.2, 0) is 6.54 Å². The van der Waals surface area contributed by atoms with Gasteiger partial charge in [0, 0.05) is 16.1 Å². The molecule has 0 atom stereocenters. The third kappa shape index (κ3) is 2.63. The predicted molar refractivity (Wildman–Crippen MR) is 73.9 cm³/mol. The normalized spacial score (nSPS) is 10.6. The Balaban J connectivity index is 1.75. The van der Waals surface area contributed by atoms with Gasteiger partial charge in [0.2, 0.25) is 12.3 Å². The SMILES string of the molecule is Cc1ncsc1CNc1cccc(-c2nnco2)c1. The van der Waals surface area contributed by atoms with Crippen molar-refractivity contribution in [3.8, 4) is 11.5 Å². The molecular weight excluding hydrogens is 260 g/mol. The molecule has 3 rings (SSSR count). The van der Waals surface area contributed by atoms with Gasteiger partial charge in [0.1, 0.15) is 0 Å². The summed E-state index contributed by atoms with van der Waals surface area (Å²) in [5.74, 6) is 0.526. The molecular formula is C13H12N4OS. The Morgan fingerprint density at radius 3 is 3.05 bits per heavy atom. The smallest absolute Gasteiger partial charge is 0.247 e. The number of nitrogens with zero attached hydrogens (tertiary/aromatic N) is 3. The number of aryl methyl sites for hydroxylation is 1. The molecule has 0 fully saturated rings. The molecule has 1 N–H and O–H groups in total. The minimum atomic E-state index is 0.526. The highest BCUT2D eigenvalue weighted by atomic mass is 32.1. The van der Waals surface area contributed by atoms with Gasteiger partial charge in [-0.2, -0.15) is 0 Å². The maximum absolute atomic E-state index is 5.19. The van der Waals surface area contributed by atoms with Gasteiger partial charge in [0.05, 0.1) is 17.7 Å². The number of hydrogen-bond acceptors (Lipinski definition) is 6. The van der Waals surface area contributed by atoms with Crippen molar-refractivity contribution in [1.29, 1.82) is 0 Å². The minimum absolute atomic E-state index is 0.526. The van der Waals surface area contributed by atoms with Crippen molar-refractivity contribution in [3.63, 3.8) is 0 Å². The van der Waals surface area contributed by atoms with Crippen molar-refractivity contribution < 1.29 is 4.42 Å². The van der Waals surface area contributed by atoms with Crippen molar-refractivity contribution in [2.45, 2.75) is 13.5 Å². The topological polar surface area (TPSA) is 63.8 Å². The molecule has 0 amide bonds. The van der Waals surface area contributed by atoms with Crippen molar-refractivity contribution in [2.75, 3.05) is 5.32 Å². The van der Waals surface area contributed by atoms with Gasteiger partial charge in [-0.05, 0) is 25.1 Å². The highest BCUT2D eigenvalue weighted by Gasteiger charge is 2.05. The molecule has 19 heavy (non-hydrogen) atoms. The molecule has 0 radical (unpaired) electrons. The fourth-order valence-electron chi connectivity index (χ4n) is 1.74. The Labute approximate surface area is 114 Å². The van der Waals surface area contributed by atoms with E-state index in [1.54, 1.807) is 11.3 Å². The van der Waals surface area contributed by atoms with E-state index in [4.69, 9.17) is 4.42 Å². The summed E-state index contributed by atoms with van der Waals surface area (Å²) in [5, 5.41) is 11.0. The summed E-state index contributed by atoms with van der Waals surface area (Å²) < 4.78 is 5.19.